The Morgan fingerprint density at radius 2 is 1.81 bits per heavy atom. The van der Waals surface area contributed by atoms with Gasteiger partial charge in [-0.15, -0.1) is 0 Å². The van der Waals surface area contributed by atoms with Crippen LogP contribution in [0, 0.1) is 10.1 Å². The third kappa shape index (κ3) is 5.28. The van der Waals surface area contributed by atoms with E-state index in [-0.39, 0.29) is 11.6 Å². The molecule has 0 atom stereocenters. The maximum Gasteiger partial charge on any atom is 0.270 e. The lowest BCUT2D eigenvalue weighted by atomic mass is 10.1. The van der Waals surface area contributed by atoms with Crippen LogP contribution in [0.25, 0.3) is 10.9 Å². The van der Waals surface area contributed by atoms with Crippen LogP contribution >= 0.6 is 0 Å². The Kier molecular flexibility index (Phi) is 6.59. The van der Waals surface area contributed by atoms with Gasteiger partial charge in [0.25, 0.3) is 11.6 Å². The molecule has 2 heterocycles. The molecule has 2 aromatic carbocycles. The van der Waals surface area contributed by atoms with Crippen LogP contribution in [0.1, 0.15) is 22.3 Å². The van der Waals surface area contributed by atoms with E-state index in [9.17, 15) is 14.9 Å². The first-order chi connectivity index (χ1) is 15.1. The van der Waals surface area contributed by atoms with Gasteiger partial charge in [0, 0.05) is 68.5 Å². The van der Waals surface area contributed by atoms with Crippen LogP contribution in [-0.2, 0) is 6.54 Å². The number of nitro groups is 1. The second-order valence-corrected chi connectivity index (χ2v) is 7.90. The summed E-state index contributed by atoms with van der Waals surface area (Å²) in [6.07, 6.45) is 2.47. The van der Waals surface area contributed by atoms with Crippen molar-refractivity contribution in [2.45, 2.75) is 13.0 Å². The fourth-order valence-corrected chi connectivity index (χ4v) is 4.02. The van der Waals surface area contributed by atoms with E-state index in [1.165, 1.54) is 17.7 Å². The van der Waals surface area contributed by atoms with E-state index >= 15 is 0 Å². The van der Waals surface area contributed by atoms with Crippen molar-refractivity contribution in [3.63, 3.8) is 0 Å². The summed E-state index contributed by atoms with van der Waals surface area (Å²) in [5.41, 5.74) is 2.48. The smallest absolute Gasteiger partial charge is 0.270 e. The lowest BCUT2D eigenvalue weighted by Gasteiger charge is -2.34. The monoisotopic (exact) mass is 421 g/mol. The van der Waals surface area contributed by atoms with Crippen LogP contribution in [0.2, 0.25) is 0 Å². The number of piperazine rings is 1. The molecular weight excluding hydrogens is 394 g/mol. The van der Waals surface area contributed by atoms with Crippen molar-refractivity contribution in [2.24, 2.45) is 0 Å². The molecule has 3 aromatic rings. The van der Waals surface area contributed by atoms with Gasteiger partial charge in [-0.2, -0.15) is 0 Å². The molecule has 8 nitrogen and oxygen atoms in total. The minimum Gasteiger partial charge on any atom is -0.360 e. The number of aromatic nitrogens is 1. The average molecular weight is 422 g/mol. The highest BCUT2D eigenvalue weighted by atomic mass is 16.6. The number of non-ortho nitro benzene ring substituents is 1. The Bertz CT molecular complexity index is 1040. The molecule has 4 rings (SSSR count). The fourth-order valence-electron chi connectivity index (χ4n) is 4.02. The molecular formula is C23H27N5O3. The second-order valence-electron chi connectivity index (χ2n) is 7.90. The number of nitrogens with one attached hydrogen (secondary N) is 2. The summed E-state index contributed by atoms with van der Waals surface area (Å²) in [5.74, 6) is -0.209. The van der Waals surface area contributed by atoms with Gasteiger partial charge in [0.05, 0.1) is 10.5 Å². The van der Waals surface area contributed by atoms with Crippen LogP contribution in [0.3, 0.4) is 0 Å². The molecule has 1 aliphatic heterocycles. The fraction of sp³-hybridized carbons (Fsp3) is 0.348. The number of benzene rings is 2. The maximum atomic E-state index is 12.5. The number of hydrogen-bond donors (Lipinski definition) is 2. The van der Waals surface area contributed by atoms with E-state index in [0.29, 0.717) is 23.0 Å². The summed E-state index contributed by atoms with van der Waals surface area (Å²) in [6, 6.07) is 15.0. The van der Waals surface area contributed by atoms with Crippen molar-refractivity contribution in [1.82, 2.24) is 20.1 Å². The summed E-state index contributed by atoms with van der Waals surface area (Å²) >= 11 is 0. The van der Waals surface area contributed by atoms with Crippen LogP contribution in [0.5, 0.6) is 0 Å². The lowest BCUT2D eigenvalue weighted by Crippen LogP contribution is -2.46. The quantitative estimate of drug-likeness (QED) is 0.331. The molecule has 31 heavy (non-hydrogen) atoms. The number of carbonyl (C=O) groups is 1. The highest BCUT2D eigenvalue weighted by Gasteiger charge is 2.18. The predicted molar refractivity (Wildman–Crippen MR) is 120 cm³/mol. The molecule has 0 bridgehead atoms. The molecule has 0 unspecified atom stereocenters. The van der Waals surface area contributed by atoms with Gasteiger partial charge in [-0.1, -0.05) is 30.3 Å². The van der Waals surface area contributed by atoms with E-state index in [4.69, 9.17) is 0 Å². The number of carbonyl (C=O) groups excluding carboxylic acids is 1. The summed E-state index contributed by atoms with van der Waals surface area (Å²) in [6.45, 7) is 6.68. The number of aromatic amines is 1. The predicted octanol–water partition coefficient (Wildman–Crippen LogP) is 3.01. The minimum absolute atomic E-state index is 0.0208. The van der Waals surface area contributed by atoms with Crippen LogP contribution < -0.4 is 5.32 Å². The maximum absolute atomic E-state index is 12.5. The normalized spacial score (nSPS) is 15.2. The molecule has 0 saturated carbocycles. The third-order valence-electron chi connectivity index (χ3n) is 5.77. The molecule has 1 saturated heterocycles. The SMILES string of the molecule is O=C(NCCCN1CCN(Cc2ccccc2)CC1)c1c[nH]c2ccc([N+](=O)[O-])cc12. The number of H-pyrrole nitrogens is 1. The summed E-state index contributed by atoms with van der Waals surface area (Å²) < 4.78 is 0. The van der Waals surface area contributed by atoms with Crippen molar-refractivity contribution < 1.29 is 9.72 Å². The summed E-state index contributed by atoms with van der Waals surface area (Å²) in [5, 5.41) is 14.5. The van der Waals surface area contributed by atoms with Gasteiger partial charge in [-0.25, -0.2) is 0 Å². The number of amides is 1. The molecule has 162 valence electrons. The molecule has 0 spiro atoms. The molecule has 1 amide bonds. The van der Waals surface area contributed by atoms with Crippen molar-refractivity contribution in [2.75, 3.05) is 39.3 Å². The topological polar surface area (TPSA) is 94.5 Å². The van der Waals surface area contributed by atoms with Gasteiger partial charge in [-0.05, 0) is 24.6 Å². The Morgan fingerprint density at radius 1 is 1.06 bits per heavy atom. The minimum atomic E-state index is -0.451. The standard InChI is InChI=1S/C23H27N5O3/c29-23(21-16-25-22-8-7-19(28(30)31)15-20(21)22)24-9-4-10-26-11-13-27(14-12-26)17-18-5-2-1-3-6-18/h1-3,5-8,15-16,25H,4,9-14,17H2,(H,24,29). The first-order valence-electron chi connectivity index (χ1n) is 10.6. The highest BCUT2D eigenvalue weighted by Crippen LogP contribution is 2.23. The number of rotatable bonds is 8. The molecule has 1 aliphatic rings. The lowest BCUT2D eigenvalue weighted by molar-refractivity contribution is -0.384. The molecule has 0 aliphatic carbocycles. The zero-order valence-electron chi connectivity index (χ0n) is 17.4. The Balaban J connectivity index is 1.20. The van der Waals surface area contributed by atoms with E-state index in [1.807, 2.05) is 6.07 Å². The van der Waals surface area contributed by atoms with Crippen molar-refractivity contribution in [1.29, 1.82) is 0 Å². The molecule has 1 fully saturated rings. The second kappa shape index (κ2) is 9.72. The number of fused-ring (bicyclic) bond motifs is 1. The Labute approximate surface area is 181 Å². The van der Waals surface area contributed by atoms with Crippen LogP contribution in [0.4, 0.5) is 5.69 Å². The largest absolute Gasteiger partial charge is 0.360 e. The molecule has 0 radical (unpaired) electrons. The zero-order chi connectivity index (χ0) is 21.6. The molecule has 8 heteroatoms. The van der Waals surface area contributed by atoms with Gasteiger partial charge in [0.15, 0.2) is 0 Å². The molecule has 1 aromatic heterocycles. The first kappa shape index (κ1) is 21.0. The van der Waals surface area contributed by atoms with Gasteiger partial charge in [0.2, 0.25) is 0 Å². The van der Waals surface area contributed by atoms with E-state index in [2.05, 4.69) is 44.4 Å². The average Bonchev–Trinajstić information content (AvgIpc) is 3.22. The van der Waals surface area contributed by atoms with Crippen LogP contribution in [-0.4, -0.2) is 64.9 Å². The number of nitro benzene ring substituents is 1. The number of hydrogen-bond acceptors (Lipinski definition) is 5. The summed E-state index contributed by atoms with van der Waals surface area (Å²) in [7, 11) is 0. The van der Waals surface area contributed by atoms with E-state index in [0.717, 1.165) is 45.7 Å². The number of nitrogens with zero attached hydrogens (tertiary/aromatic N) is 3. The zero-order valence-corrected chi connectivity index (χ0v) is 17.4. The highest BCUT2D eigenvalue weighted by molar-refractivity contribution is 6.07. The van der Waals surface area contributed by atoms with E-state index in [1.54, 1.807) is 12.3 Å². The van der Waals surface area contributed by atoms with Crippen molar-refractivity contribution in [3.8, 4) is 0 Å². The van der Waals surface area contributed by atoms with Gasteiger partial charge >= 0.3 is 0 Å². The first-order valence-corrected chi connectivity index (χ1v) is 10.6. The Morgan fingerprint density at radius 3 is 2.55 bits per heavy atom. The van der Waals surface area contributed by atoms with Crippen molar-refractivity contribution >= 4 is 22.5 Å². The third-order valence-corrected chi connectivity index (χ3v) is 5.77. The van der Waals surface area contributed by atoms with Gasteiger partial charge in [-0.3, -0.25) is 19.8 Å². The Hall–Kier alpha value is -3.23. The molecule has 2 N–H and O–H groups in total. The van der Waals surface area contributed by atoms with E-state index < -0.39 is 4.92 Å². The van der Waals surface area contributed by atoms with Crippen molar-refractivity contribution in [3.05, 3.63) is 76.0 Å². The van der Waals surface area contributed by atoms with Gasteiger partial charge < -0.3 is 15.2 Å². The summed E-state index contributed by atoms with van der Waals surface area (Å²) in [4.78, 5) is 31.0. The van der Waals surface area contributed by atoms with Gasteiger partial charge in [0.1, 0.15) is 0 Å². The van der Waals surface area contributed by atoms with Crippen LogP contribution in [0.15, 0.2) is 54.7 Å².